The highest BCUT2D eigenvalue weighted by Crippen LogP contribution is 2.22. The molecule has 0 amide bonds. The van der Waals surface area contributed by atoms with Gasteiger partial charge < -0.3 is 15.2 Å². The predicted octanol–water partition coefficient (Wildman–Crippen LogP) is 4.09. The molecule has 1 unspecified atom stereocenters. The quantitative estimate of drug-likeness (QED) is 0.800. The van der Waals surface area contributed by atoms with Gasteiger partial charge in [-0.25, -0.2) is 4.39 Å². The lowest BCUT2D eigenvalue weighted by atomic mass is 10.3. The third-order valence-electron chi connectivity index (χ3n) is 2.74. The molecule has 112 valence electrons. The summed E-state index contributed by atoms with van der Waals surface area (Å²) in [5, 5.41) is 12.7. The smallest absolute Gasteiger partial charge is 0.164 e. The summed E-state index contributed by atoms with van der Waals surface area (Å²) in [5.41, 5.74) is 0.255. The molecule has 6 heteroatoms. The van der Waals surface area contributed by atoms with Crippen molar-refractivity contribution in [2.24, 2.45) is 0 Å². The molecule has 21 heavy (non-hydrogen) atoms. The van der Waals surface area contributed by atoms with Crippen molar-refractivity contribution in [1.29, 1.82) is 0 Å². The van der Waals surface area contributed by atoms with Gasteiger partial charge >= 0.3 is 0 Å². The van der Waals surface area contributed by atoms with E-state index in [2.05, 4.69) is 21.2 Å². The third kappa shape index (κ3) is 4.88. The van der Waals surface area contributed by atoms with E-state index in [0.717, 1.165) is 4.47 Å². The van der Waals surface area contributed by atoms with Gasteiger partial charge in [-0.3, -0.25) is 0 Å². The standard InChI is InChI=1S/C15H14BrClFNO2/c16-10-4-6-12(7-5-10)21-9-11(20)8-19-14-3-1-2-13(17)15(14)18/h1-7,11,19-20H,8-9H2. The molecular weight excluding hydrogens is 361 g/mol. The summed E-state index contributed by atoms with van der Waals surface area (Å²) in [6.45, 7) is 0.268. The lowest BCUT2D eigenvalue weighted by molar-refractivity contribution is 0.117. The van der Waals surface area contributed by atoms with Crippen molar-refractivity contribution in [3.05, 3.63) is 57.8 Å². The van der Waals surface area contributed by atoms with E-state index in [1.54, 1.807) is 24.3 Å². The number of aliphatic hydroxyl groups is 1. The Kier molecular flexibility index (Phi) is 5.85. The molecule has 0 radical (unpaired) electrons. The fourth-order valence-electron chi connectivity index (χ4n) is 1.65. The second-order valence-corrected chi connectivity index (χ2v) is 5.72. The van der Waals surface area contributed by atoms with Crippen molar-refractivity contribution in [3.63, 3.8) is 0 Å². The maximum absolute atomic E-state index is 13.6. The number of aliphatic hydroxyl groups excluding tert-OH is 1. The fourth-order valence-corrected chi connectivity index (χ4v) is 2.09. The molecule has 0 aliphatic rings. The SMILES string of the molecule is OC(CNc1cccc(Cl)c1F)COc1ccc(Br)cc1. The van der Waals surface area contributed by atoms with E-state index in [1.165, 1.54) is 6.07 Å². The molecule has 1 atom stereocenters. The Morgan fingerprint density at radius 1 is 1.24 bits per heavy atom. The molecular formula is C15H14BrClFNO2. The largest absolute Gasteiger partial charge is 0.491 e. The van der Waals surface area contributed by atoms with Crippen LogP contribution in [0.15, 0.2) is 46.9 Å². The Bertz CT molecular complexity index is 595. The first-order valence-corrected chi connectivity index (χ1v) is 7.47. The van der Waals surface area contributed by atoms with Crippen LogP contribution in [0.25, 0.3) is 0 Å². The lowest BCUT2D eigenvalue weighted by Crippen LogP contribution is -2.26. The van der Waals surface area contributed by atoms with Gasteiger partial charge in [-0.05, 0) is 36.4 Å². The van der Waals surface area contributed by atoms with Crippen molar-refractivity contribution >= 4 is 33.2 Å². The van der Waals surface area contributed by atoms with Crippen molar-refractivity contribution in [1.82, 2.24) is 0 Å². The van der Waals surface area contributed by atoms with Crippen LogP contribution in [0.3, 0.4) is 0 Å². The van der Waals surface area contributed by atoms with Crippen molar-refractivity contribution in [3.8, 4) is 5.75 Å². The van der Waals surface area contributed by atoms with E-state index in [9.17, 15) is 9.50 Å². The molecule has 2 rings (SSSR count). The molecule has 0 spiro atoms. The minimum absolute atomic E-state index is 0.0422. The number of ether oxygens (including phenoxy) is 1. The maximum atomic E-state index is 13.6. The lowest BCUT2D eigenvalue weighted by Gasteiger charge is -2.14. The first kappa shape index (κ1) is 16.1. The first-order valence-electron chi connectivity index (χ1n) is 6.30. The molecule has 2 aromatic carbocycles. The second-order valence-electron chi connectivity index (χ2n) is 4.40. The second kappa shape index (κ2) is 7.64. The Morgan fingerprint density at radius 3 is 2.67 bits per heavy atom. The van der Waals surface area contributed by atoms with Crippen molar-refractivity contribution in [2.45, 2.75) is 6.10 Å². The van der Waals surface area contributed by atoms with Crippen LogP contribution in [-0.4, -0.2) is 24.4 Å². The molecule has 0 aromatic heterocycles. The number of anilines is 1. The fraction of sp³-hybridized carbons (Fsp3) is 0.200. The highest BCUT2D eigenvalue weighted by atomic mass is 79.9. The highest BCUT2D eigenvalue weighted by molar-refractivity contribution is 9.10. The molecule has 3 nitrogen and oxygen atoms in total. The highest BCUT2D eigenvalue weighted by Gasteiger charge is 2.09. The van der Waals surface area contributed by atoms with Gasteiger partial charge in [-0.15, -0.1) is 0 Å². The van der Waals surface area contributed by atoms with E-state index >= 15 is 0 Å². The minimum Gasteiger partial charge on any atom is -0.491 e. The van der Waals surface area contributed by atoms with Crippen molar-refractivity contribution < 1.29 is 14.2 Å². The topological polar surface area (TPSA) is 41.5 Å². The minimum atomic E-state index is -0.771. The molecule has 0 heterocycles. The van der Waals surface area contributed by atoms with Crippen LogP contribution in [0.4, 0.5) is 10.1 Å². The molecule has 2 N–H and O–H groups in total. The van der Waals surface area contributed by atoms with Crippen LogP contribution in [0.5, 0.6) is 5.75 Å². The van der Waals surface area contributed by atoms with E-state index < -0.39 is 11.9 Å². The van der Waals surface area contributed by atoms with Gasteiger partial charge in [0.15, 0.2) is 5.82 Å². The molecule has 0 aliphatic heterocycles. The summed E-state index contributed by atoms with van der Waals surface area (Å²) < 4.78 is 20.0. The van der Waals surface area contributed by atoms with Crippen LogP contribution >= 0.6 is 27.5 Å². The number of hydrogen-bond donors (Lipinski definition) is 2. The number of benzene rings is 2. The normalized spacial score (nSPS) is 12.0. The number of halogens is 3. The predicted molar refractivity (Wildman–Crippen MR) is 85.5 cm³/mol. The summed E-state index contributed by atoms with van der Waals surface area (Å²) >= 11 is 9.00. The summed E-state index contributed by atoms with van der Waals surface area (Å²) in [6, 6.07) is 11.9. The van der Waals surface area contributed by atoms with Crippen molar-refractivity contribution in [2.75, 3.05) is 18.5 Å². The van der Waals surface area contributed by atoms with Gasteiger partial charge in [0.2, 0.25) is 0 Å². The average Bonchev–Trinajstić information content (AvgIpc) is 2.48. The molecule has 0 saturated carbocycles. The summed E-state index contributed by atoms with van der Waals surface area (Å²) in [5.74, 6) is 0.131. The molecule has 0 fully saturated rings. The van der Waals surface area contributed by atoms with Crippen LogP contribution in [0.2, 0.25) is 5.02 Å². The summed E-state index contributed by atoms with van der Waals surface area (Å²) in [4.78, 5) is 0. The molecule has 0 saturated heterocycles. The zero-order chi connectivity index (χ0) is 15.2. The summed E-state index contributed by atoms with van der Waals surface area (Å²) in [7, 11) is 0. The monoisotopic (exact) mass is 373 g/mol. The van der Waals surface area contributed by atoms with Gasteiger partial charge in [-0.2, -0.15) is 0 Å². The first-order chi connectivity index (χ1) is 10.1. The van der Waals surface area contributed by atoms with Crippen LogP contribution < -0.4 is 10.1 Å². The van der Waals surface area contributed by atoms with Gasteiger partial charge in [0, 0.05) is 11.0 Å². The van der Waals surface area contributed by atoms with Gasteiger partial charge in [0.1, 0.15) is 18.5 Å². The van der Waals surface area contributed by atoms with Crippen LogP contribution in [0.1, 0.15) is 0 Å². The Hall–Kier alpha value is -1.30. The van der Waals surface area contributed by atoms with Crippen LogP contribution in [-0.2, 0) is 0 Å². The van der Waals surface area contributed by atoms with Gasteiger partial charge in [0.05, 0.1) is 10.7 Å². The van der Waals surface area contributed by atoms with E-state index in [1.807, 2.05) is 12.1 Å². The molecule has 0 aliphatic carbocycles. The van der Waals surface area contributed by atoms with Crippen LogP contribution in [0, 0.1) is 5.82 Å². The zero-order valence-corrected chi connectivity index (χ0v) is 13.4. The van der Waals surface area contributed by atoms with Gasteiger partial charge in [-0.1, -0.05) is 33.6 Å². The number of nitrogens with one attached hydrogen (secondary N) is 1. The average molecular weight is 375 g/mol. The molecule has 0 bridgehead atoms. The van der Waals surface area contributed by atoms with Gasteiger partial charge in [0.25, 0.3) is 0 Å². The number of hydrogen-bond acceptors (Lipinski definition) is 3. The maximum Gasteiger partial charge on any atom is 0.164 e. The Balaban J connectivity index is 1.80. The Morgan fingerprint density at radius 2 is 1.95 bits per heavy atom. The molecule has 2 aromatic rings. The zero-order valence-electron chi connectivity index (χ0n) is 11.0. The van der Waals surface area contributed by atoms with E-state index in [0.29, 0.717) is 5.75 Å². The number of rotatable bonds is 6. The Labute approximate surface area is 135 Å². The summed E-state index contributed by atoms with van der Waals surface area (Å²) in [6.07, 6.45) is -0.771. The van der Waals surface area contributed by atoms with E-state index in [-0.39, 0.29) is 23.9 Å². The third-order valence-corrected chi connectivity index (χ3v) is 3.56. The van der Waals surface area contributed by atoms with E-state index in [4.69, 9.17) is 16.3 Å².